The molecule has 0 aliphatic heterocycles. The van der Waals surface area contributed by atoms with Gasteiger partial charge in [-0.3, -0.25) is 4.79 Å². The van der Waals surface area contributed by atoms with Crippen LogP contribution in [0, 0.1) is 0 Å². The fourth-order valence-corrected chi connectivity index (χ4v) is 1.59. The average molecular weight is 294 g/mol. The molecule has 0 fully saturated rings. The number of carbonyl (C=O) groups excluding carboxylic acids is 2. The van der Waals surface area contributed by atoms with E-state index in [0.29, 0.717) is 26.1 Å². The zero-order valence-corrected chi connectivity index (χ0v) is 12.5. The van der Waals surface area contributed by atoms with Crippen LogP contribution < -0.4 is 0 Å². The monoisotopic (exact) mass is 294 g/mol. The molecule has 1 rings (SSSR count). The summed E-state index contributed by atoms with van der Waals surface area (Å²) in [7, 11) is 0. The molecule has 1 aromatic rings. The van der Waals surface area contributed by atoms with Gasteiger partial charge in [-0.2, -0.15) is 0 Å². The molecule has 0 aliphatic carbocycles. The number of esters is 2. The molecule has 5 nitrogen and oxygen atoms in total. The summed E-state index contributed by atoms with van der Waals surface area (Å²) < 4.78 is 15.3. The lowest BCUT2D eigenvalue weighted by molar-refractivity contribution is -0.167. The molecule has 21 heavy (non-hydrogen) atoms. The first-order chi connectivity index (χ1) is 10.1. The standard InChI is InChI=1S/C16H22O5/c1-3-7-15(17)21-13(2)16(18)20-11-10-19-12-14-8-5-4-6-9-14/h4-6,8-9,13H,3,7,10-12H2,1-2H3/t13-/m1/s1. The van der Waals surface area contributed by atoms with E-state index < -0.39 is 12.1 Å². The highest BCUT2D eigenvalue weighted by Gasteiger charge is 2.18. The molecular weight excluding hydrogens is 272 g/mol. The number of rotatable bonds is 9. The fraction of sp³-hybridized carbons (Fsp3) is 0.500. The van der Waals surface area contributed by atoms with Crippen molar-refractivity contribution in [1.82, 2.24) is 0 Å². The van der Waals surface area contributed by atoms with Crippen molar-refractivity contribution < 1.29 is 23.8 Å². The van der Waals surface area contributed by atoms with Crippen molar-refractivity contribution in [2.24, 2.45) is 0 Å². The Hall–Kier alpha value is -1.88. The van der Waals surface area contributed by atoms with Crippen LogP contribution in [0.3, 0.4) is 0 Å². The molecule has 0 aliphatic rings. The third-order valence-electron chi connectivity index (χ3n) is 2.68. The lowest BCUT2D eigenvalue weighted by Gasteiger charge is -2.12. The number of ether oxygens (including phenoxy) is 3. The minimum atomic E-state index is -0.877. The van der Waals surface area contributed by atoms with Crippen LogP contribution >= 0.6 is 0 Å². The van der Waals surface area contributed by atoms with E-state index in [2.05, 4.69) is 0 Å². The van der Waals surface area contributed by atoms with Gasteiger partial charge in [0, 0.05) is 6.42 Å². The Morgan fingerprint density at radius 2 is 1.86 bits per heavy atom. The molecule has 116 valence electrons. The molecular formula is C16H22O5. The molecule has 0 saturated heterocycles. The number of benzene rings is 1. The number of carbonyl (C=O) groups is 2. The number of hydrogen-bond donors (Lipinski definition) is 0. The van der Waals surface area contributed by atoms with Crippen LogP contribution in [0.4, 0.5) is 0 Å². The molecule has 0 heterocycles. The second-order valence-electron chi connectivity index (χ2n) is 4.59. The molecule has 1 atom stereocenters. The van der Waals surface area contributed by atoms with Crippen molar-refractivity contribution in [1.29, 1.82) is 0 Å². The molecule has 0 spiro atoms. The lowest BCUT2D eigenvalue weighted by atomic mass is 10.2. The Balaban J connectivity index is 2.11. The van der Waals surface area contributed by atoms with Crippen molar-refractivity contribution in [3.05, 3.63) is 35.9 Å². The van der Waals surface area contributed by atoms with E-state index in [0.717, 1.165) is 5.56 Å². The minimum absolute atomic E-state index is 0.140. The smallest absolute Gasteiger partial charge is 0.347 e. The van der Waals surface area contributed by atoms with E-state index in [1.807, 2.05) is 37.3 Å². The van der Waals surface area contributed by atoms with Crippen LogP contribution in [-0.4, -0.2) is 31.3 Å². The summed E-state index contributed by atoms with van der Waals surface area (Å²) in [5.41, 5.74) is 1.06. The molecule has 0 saturated carbocycles. The van der Waals surface area contributed by atoms with E-state index in [1.54, 1.807) is 0 Å². The quantitative estimate of drug-likeness (QED) is 0.517. The van der Waals surface area contributed by atoms with Gasteiger partial charge in [0.2, 0.25) is 0 Å². The summed E-state index contributed by atoms with van der Waals surface area (Å²) in [6.45, 7) is 4.28. The van der Waals surface area contributed by atoms with Gasteiger partial charge in [0.1, 0.15) is 6.61 Å². The van der Waals surface area contributed by atoms with Crippen LogP contribution in [0.2, 0.25) is 0 Å². The Labute approximate surface area is 125 Å². The predicted molar refractivity (Wildman–Crippen MR) is 77.5 cm³/mol. The van der Waals surface area contributed by atoms with Crippen LogP contribution in [-0.2, 0) is 30.4 Å². The van der Waals surface area contributed by atoms with Crippen molar-refractivity contribution >= 4 is 11.9 Å². The third-order valence-corrected chi connectivity index (χ3v) is 2.68. The van der Waals surface area contributed by atoms with Gasteiger partial charge in [-0.1, -0.05) is 37.3 Å². The Morgan fingerprint density at radius 3 is 2.52 bits per heavy atom. The Bertz CT molecular complexity index is 430. The van der Waals surface area contributed by atoms with Crippen LogP contribution in [0.5, 0.6) is 0 Å². The summed E-state index contributed by atoms with van der Waals surface area (Å²) in [6, 6.07) is 9.73. The largest absolute Gasteiger partial charge is 0.461 e. The average Bonchev–Trinajstić information content (AvgIpc) is 2.48. The first-order valence-corrected chi connectivity index (χ1v) is 7.11. The van der Waals surface area contributed by atoms with E-state index in [4.69, 9.17) is 14.2 Å². The van der Waals surface area contributed by atoms with Crippen LogP contribution in [0.15, 0.2) is 30.3 Å². The van der Waals surface area contributed by atoms with Gasteiger partial charge in [-0.15, -0.1) is 0 Å². The van der Waals surface area contributed by atoms with Gasteiger partial charge < -0.3 is 14.2 Å². The first kappa shape index (κ1) is 17.2. The molecule has 1 aromatic carbocycles. The van der Waals surface area contributed by atoms with Gasteiger partial charge in [0.05, 0.1) is 13.2 Å². The first-order valence-electron chi connectivity index (χ1n) is 7.11. The molecule has 5 heteroatoms. The minimum Gasteiger partial charge on any atom is -0.461 e. The highest BCUT2D eigenvalue weighted by Crippen LogP contribution is 2.02. The zero-order valence-electron chi connectivity index (χ0n) is 12.5. The van der Waals surface area contributed by atoms with Crippen LogP contribution in [0.1, 0.15) is 32.3 Å². The van der Waals surface area contributed by atoms with E-state index in [-0.39, 0.29) is 12.6 Å². The van der Waals surface area contributed by atoms with E-state index in [1.165, 1.54) is 6.92 Å². The SMILES string of the molecule is CCCC(=O)O[C@H](C)C(=O)OCCOCc1ccccc1. The summed E-state index contributed by atoms with van der Waals surface area (Å²) in [5, 5.41) is 0. The summed E-state index contributed by atoms with van der Waals surface area (Å²) in [4.78, 5) is 22.8. The zero-order chi connectivity index (χ0) is 15.5. The third kappa shape index (κ3) is 7.46. The molecule has 0 radical (unpaired) electrons. The highest BCUT2D eigenvalue weighted by atomic mass is 16.6. The van der Waals surface area contributed by atoms with Gasteiger partial charge in [0.25, 0.3) is 0 Å². The normalized spacial score (nSPS) is 11.7. The lowest BCUT2D eigenvalue weighted by Crippen LogP contribution is -2.27. The molecule has 0 amide bonds. The molecule has 0 N–H and O–H groups in total. The predicted octanol–water partition coefficient (Wildman–Crippen LogP) is 2.48. The molecule has 0 unspecified atom stereocenters. The van der Waals surface area contributed by atoms with Crippen molar-refractivity contribution in [2.45, 2.75) is 39.4 Å². The molecule has 0 aromatic heterocycles. The van der Waals surface area contributed by atoms with Gasteiger partial charge in [-0.05, 0) is 18.9 Å². The van der Waals surface area contributed by atoms with Crippen molar-refractivity contribution in [2.75, 3.05) is 13.2 Å². The summed E-state index contributed by atoms with van der Waals surface area (Å²) in [5.74, 6) is -0.940. The van der Waals surface area contributed by atoms with E-state index in [9.17, 15) is 9.59 Å². The second kappa shape index (κ2) is 9.94. The van der Waals surface area contributed by atoms with E-state index >= 15 is 0 Å². The maximum absolute atomic E-state index is 11.6. The Kier molecular flexibility index (Phi) is 8.12. The van der Waals surface area contributed by atoms with Gasteiger partial charge in [0.15, 0.2) is 6.10 Å². The van der Waals surface area contributed by atoms with Crippen molar-refractivity contribution in [3.63, 3.8) is 0 Å². The highest BCUT2D eigenvalue weighted by molar-refractivity contribution is 5.78. The second-order valence-corrected chi connectivity index (χ2v) is 4.59. The molecule has 0 bridgehead atoms. The Morgan fingerprint density at radius 1 is 1.14 bits per heavy atom. The topological polar surface area (TPSA) is 61.8 Å². The van der Waals surface area contributed by atoms with Crippen LogP contribution in [0.25, 0.3) is 0 Å². The van der Waals surface area contributed by atoms with Gasteiger partial charge >= 0.3 is 11.9 Å². The summed E-state index contributed by atoms with van der Waals surface area (Å²) in [6.07, 6.45) is 0.115. The van der Waals surface area contributed by atoms with Crippen molar-refractivity contribution in [3.8, 4) is 0 Å². The maximum atomic E-state index is 11.6. The fourth-order valence-electron chi connectivity index (χ4n) is 1.59. The number of hydrogen-bond acceptors (Lipinski definition) is 5. The van der Waals surface area contributed by atoms with Gasteiger partial charge in [-0.25, -0.2) is 4.79 Å². The maximum Gasteiger partial charge on any atom is 0.347 e. The summed E-state index contributed by atoms with van der Waals surface area (Å²) >= 11 is 0.